The Morgan fingerprint density at radius 3 is 2.11 bits per heavy atom. The van der Waals surface area contributed by atoms with E-state index in [1.165, 1.54) is 49.4 Å². The number of ether oxygens (including phenoxy) is 7. The van der Waals surface area contributed by atoms with E-state index in [0.29, 0.717) is 5.56 Å². The van der Waals surface area contributed by atoms with Gasteiger partial charge >= 0.3 is 5.97 Å². The molecule has 2 aromatic carbocycles. The summed E-state index contributed by atoms with van der Waals surface area (Å²) in [5.41, 5.74) is 0.813. The zero-order valence-corrected chi connectivity index (χ0v) is 28.2. The number of phenols is 4. The smallest absolute Gasteiger partial charge is 0.331 e. The Morgan fingerprint density at radius 2 is 1.42 bits per heavy atom. The Bertz CT molecular complexity index is 1560. The molecule has 19 heteroatoms. The topological polar surface area (TPSA) is 304 Å². The average molecular weight is 757 g/mol. The number of esters is 1. The molecule has 0 amide bonds. The number of hydrogen-bond acceptors (Lipinski definition) is 19. The quantitative estimate of drug-likeness (QED) is 0.0603. The van der Waals surface area contributed by atoms with Crippen molar-refractivity contribution in [2.24, 2.45) is 0 Å². The highest BCUT2D eigenvalue weighted by Gasteiger charge is 2.53. The highest BCUT2D eigenvalue weighted by Crippen LogP contribution is 2.33. The third-order valence-corrected chi connectivity index (χ3v) is 8.97. The van der Waals surface area contributed by atoms with Gasteiger partial charge in [0.1, 0.15) is 54.9 Å². The fraction of sp³-hybridized carbons (Fsp3) is 0.559. The third-order valence-electron chi connectivity index (χ3n) is 8.97. The van der Waals surface area contributed by atoms with Crippen molar-refractivity contribution in [2.45, 2.75) is 99.4 Å². The molecule has 0 unspecified atom stereocenters. The first-order valence-electron chi connectivity index (χ1n) is 16.6. The van der Waals surface area contributed by atoms with Crippen LogP contribution in [0.3, 0.4) is 0 Å². The summed E-state index contributed by atoms with van der Waals surface area (Å²) in [5.74, 6) is -2.62. The van der Waals surface area contributed by atoms with Crippen LogP contribution in [-0.2, 0) is 44.4 Å². The van der Waals surface area contributed by atoms with Crippen LogP contribution < -0.4 is 0 Å². The van der Waals surface area contributed by atoms with Crippen LogP contribution >= 0.6 is 0 Å². The number of carbonyl (C=O) groups is 1. The predicted molar refractivity (Wildman–Crippen MR) is 174 cm³/mol. The molecule has 0 bridgehead atoms. The second-order valence-electron chi connectivity index (χ2n) is 12.8. The lowest BCUT2D eigenvalue weighted by Crippen LogP contribution is -2.65. The monoisotopic (exact) mass is 756 g/mol. The maximum absolute atomic E-state index is 13.2. The van der Waals surface area contributed by atoms with Crippen molar-refractivity contribution >= 4 is 12.0 Å². The van der Waals surface area contributed by atoms with Gasteiger partial charge < -0.3 is 89.3 Å². The van der Waals surface area contributed by atoms with Gasteiger partial charge in [-0.15, -0.1) is 0 Å². The van der Waals surface area contributed by atoms with Gasteiger partial charge in [-0.2, -0.15) is 0 Å². The lowest BCUT2D eigenvalue weighted by atomic mass is 9.96. The van der Waals surface area contributed by atoms with Crippen LogP contribution in [-0.4, -0.2) is 168 Å². The molecule has 3 aliphatic heterocycles. The number of carbonyl (C=O) groups excluding carboxylic acids is 1. The first-order valence-corrected chi connectivity index (χ1v) is 16.6. The van der Waals surface area contributed by atoms with Crippen molar-refractivity contribution in [3.63, 3.8) is 0 Å². The number of aliphatic hydroxyl groups excluding tert-OH is 7. The van der Waals surface area contributed by atoms with Crippen molar-refractivity contribution < 1.29 is 94.1 Å². The molecular formula is C34H44O19. The van der Waals surface area contributed by atoms with Crippen LogP contribution in [0.25, 0.3) is 6.08 Å². The van der Waals surface area contributed by atoms with Crippen molar-refractivity contribution in [3.05, 3.63) is 53.6 Å². The average Bonchev–Trinajstić information content (AvgIpc) is 3.13. The molecule has 294 valence electrons. The summed E-state index contributed by atoms with van der Waals surface area (Å²) in [6.07, 6.45) is -20.0. The fourth-order valence-electron chi connectivity index (χ4n) is 5.86. The van der Waals surface area contributed by atoms with E-state index < -0.39 is 117 Å². The molecule has 53 heavy (non-hydrogen) atoms. The molecule has 0 aliphatic carbocycles. The van der Waals surface area contributed by atoms with Crippen LogP contribution in [0.2, 0.25) is 0 Å². The Balaban J connectivity index is 1.42. The number of aromatic hydroxyl groups is 4. The van der Waals surface area contributed by atoms with E-state index in [-0.39, 0.29) is 30.1 Å². The van der Waals surface area contributed by atoms with E-state index in [2.05, 4.69) is 0 Å². The summed E-state index contributed by atoms with van der Waals surface area (Å²) >= 11 is 0. The molecule has 0 radical (unpaired) electrons. The number of benzene rings is 2. The van der Waals surface area contributed by atoms with E-state index in [0.717, 1.165) is 6.08 Å². The molecule has 3 heterocycles. The minimum absolute atomic E-state index is 0.136. The lowest BCUT2D eigenvalue weighted by Gasteiger charge is -2.47. The Hall–Kier alpha value is -3.67. The van der Waals surface area contributed by atoms with E-state index in [9.17, 15) is 61.0 Å². The van der Waals surface area contributed by atoms with Gasteiger partial charge in [0.05, 0.1) is 25.9 Å². The second kappa shape index (κ2) is 17.6. The highest BCUT2D eigenvalue weighted by atomic mass is 16.8. The summed E-state index contributed by atoms with van der Waals surface area (Å²) in [4.78, 5) is 13.2. The predicted octanol–water partition coefficient (Wildman–Crippen LogP) is -2.55. The molecule has 11 N–H and O–H groups in total. The Morgan fingerprint density at radius 1 is 0.736 bits per heavy atom. The summed E-state index contributed by atoms with van der Waals surface area (Å²) in [6, 6.07) is 7.83. The molecule has 19 nitrogen and oxygen atoms in total. The number of aliphatic hydroxyl groups is 7. The number of hydrogen-bond donors (Lipinski definition) is 11. The van der Waals surface area contributed by atoms with Crippen LogP contribution in [0.1, 0.15) is 18.1 Å². The van der Waals surface area contributed by atoms with E-state index in [1.807, 2.05) is 0 Å². The van der Waals surface area contributed by atoms with Gasteiger partial charge in [0.15, 0.2) is 48.0 Å². The summed E-state index contributed by atoms with van der Waals surface area (Å²) in [6.45, 7) is 0.237. The summed E-state index contributed by atoms with van der Waals surface area (Å²) in [5, 5.41) is 112. The lowest BCUT2D eigenvalue weighted by molar-refractivity contribution is -0.362. The molecule has 0 spiro atoms. The van der Waals surface area contributed by atoms with Crippen LogP contribution in [0, 0.1) is 0 Å². The molecule has 0 saturated carbocycles. The van der Waals surface area contributed by atoms with Crippen molar-refractivity contribution in [1.82, 2.24) is 0 Å². The van der Waals surface area contributed by atoms with Crippen LogP contribution in [0.4, 0.5) is 0 Å². The molecule has 3 fully saturated rings. The van der Waals surface area contributed by atoms with E-state index in [1.54, 1.807) is 0 Å². The van der Waals surface area contributed by atoms with E-state index in [4.69, 9.17) is 33.2 Å². The second-order valence-corrected chi connectivity index (χ2v) is 12.8. The zero-order valence-electron chi connectivity index (χ0n) is 28.2. The highest BCUT2D eigenvalue weighted by molar-refractivity contribution is 5.87. The number of rotatable bonds is 12. The largest absolute Gasteiger partial charge is 0.504 e. The molecule has 3 saturated heterocycles. The molecule has 0 aromatic heterocycles. The third kappa shape index (κ3) is 9.72. The number of phenolic OH excluding ortho intramolecular Hbond substituents is 4. The fourth-order valence-corrected chi connectivity index (χ4v) is 5.86. The maximum atomic E-state index is 13.2. The van der Waals surface area contributed by atoms with Gasteiger partial charge in [0, 0.05) is 6.08 Å². The summed E-state index contributed by atoms with van der Waals surface area (Å²) < 4.78 is 40.1. The van der Waals surface area contributed by atoms with Gasteiger partial charge in [0.25, 0.3) is 0 Å². The van der Waals surface area contributed by atoms with Crippen molar-refractivity contribution in [3.8, 4) is 23.0 Å². The first-order chi connectivity index (χ1) is 25.1. The van der Waals surface area contributed by atoms with Crippen molar-refractivity contribution in [1.29, 1.82) is 0 Å². The molecule has 14 atom stereocenters. The van der Waals surface area contributed by atoms with E-state index >= 15 is 0 Å². The minimum atomic E-state index is -1.86. The van der Waals surface area contributed by atoms with Gasteiger partial charge in [-0.25, -0.2) is 4.79 Å². The first kappa shape index (κ1) is 40.5. The van der Waals surface area contributed by atoms with Gasteiger partial charge in [-0.3, -0.25) is 0 Å². The SMILES string of the molecule is C[C@H]1O[C@@H](O[C@H]2[C@@H](O)[C@H](OCCc3ccc(O)c(O)c3)O[C@@H](CO[C@@H]3OC[C@H](O)[C@@H](O)[C@H]3O)[C@@H]2OC(=O)C=Cc2ccc(O)c(O)c2)[C@H](O)[C@H](O)[C@@H]1O. The molecule has 5 rings (SSSR count). The normalized spacial score (nSPS) is 36.4. The molecular weight excluding hydrogens is 712 g/mol. The Labute approximate surface area is 302 Å². The van der Waals surface area contributed by atoms with Gasteiger partial charge in [-0.1, -0.05) is 12.1 Å². The van der Waals surface area contributed by atoms with Crippen molar-refractivity contribution in [2.75, 3.05) is 19.8 Å². The van der Waals surface area contributed by atoms with Gasteiger partial charge in [-0.05, 0) is 54.8 Å². The maximum Gasteiger partial charge on any atom is 0.331 e. The summed E-state index contributed by atoms with van der Waals surface area (Å²) in [7, 11) is 0. The molecule has 2 aromatic rings. The zero-order chi connectivity index (χ0) is 38.6. The van der Waals surface area contributed by atoms with Crippen LogP contribution in [0.5, 0.6) is 23.0 Å². The standard InChI is InChI=1S/C34H44O19/c1-14-24(41)26(43)28(45)34(50-14)53-31-29(46)33(47-9-8-16-3-6-18(36)20(38)11-16)51-22(13-49-32-27(44)25(42)21(39)12-48-32)30(31)52-23(40)7-4-15-2-5-17(35)19(37)10-15/h2-7,10-11,14,21-22,24-39,41-46H,8-9,12-13H2,1H3/t14-,21+,22+,24-,25-,26-,27-,28-,29-,30+,31+,32+,33-,34+/m1/s1. The minimum Gasteiger partial charge on any atom is -0.504 e. The van der Waals surface area contributed by atoms with Crippen LogP contribution in [0.15, 0.2) is 42.5 Å². The van der Waals surface area contributed by atoms with Gasteiger partial charge in [0.2, 0.25) is 0 Å². The Kier molecular flexibility index (Phi) is 13.5. The molecule has 3 aliphatic rings.